The van der Waals surface area contributed by atoms with Crippen molar-refractivity contribution in [2.75, 3.05) is 13.1 Å². The van der Waals surface area contributed by atoms with Crippen molar-refractivity contribution in [2.24, 2.45) is 0 Å². The fraction of sp³-hybridized carbons (Fsp3) is 0.875. The summed E-state index contributed by atoms with van der Waals surface area (Å²) < 4.78 is 23.3. The highest BCUT2D eigenvalue weighted by molar-refractivity contribution is 7.94. The first kappa shape index (κ1) is 9.92. The molecule has 2 saturated heterocycles. The van der Waals surface area contributed by atoms with Crippen LogP contribution < -0.4 is 5.32 Å². The molecule has 0 aromatic rings. The van der Waals surface area contributed by atoms with Crippen LogP contribution in [-0.2, 0) is 14.8 Å². The van der Waals surface area contributed by atoms with E-state index >= 15 is 0 Å². The number of carbonyl (C=O) groups excluding carboxylic acids is 1. The minimum atomic E-state index is -3.39. The molecule has 2 aliphatic rings. The zero-order chi connectivity index (χ0) is 10.6. The van der Waals surface area contributed by atoms with E-state index in [0.717, 1.165) is 17.3 Å². The van der Waals surface area contributed by atoms with E-state index in [4.69, 9.17) is 0 Å². The predicted octanol–water partition coefficient (Wildman–Crippen LogP) is -0.701. The summed E-state index contributed by atoms with van der Waals surface area (Å²) in [7, 11) is -3.39. The summed E-state index contributed by atoms with van der Waals surface area (Å²) in [6.07, 6.45) is 0.723. The second-order valence-corrected chi connectivity index (χ2v) is 6.63. The third-order valence-corrected chi connectivity index (χ3v) is 5.43. The Bertz CT molecular complexity index is 368. The van der Waals surface area contributed by atoms with E-state index in [1.54, 1.807) is 0 Å². The smallest absolute Gasteiger partial charge is 0.259 e. The molecule has 1 atom stereocenters. The maximum atomic E-state index is 11.7. The minimum absolute atomic E-state index is 0.166. The Morgan fingerprint density at radius 2 is 2.14 bits per heavy atom. The van der Waals surface area contributed by atoms with Crippen molar-refractivity contribution in [1.29, 1.82) is 0 Å². The first-order valence-corrected chi connectivity index (χ1v) is 6.12. The summed E-state index contributed by atoms with van der Waals surface area (Å²) >= 11 is 0. The SMILES string of the molecule is CC1(C)C(=O)N(C2CCNC2)S1(=O)=O. The molecule has 1 unspecified atom stereocenters. The zero-order valence-electron chi connectivity index (χ0n) is 8.28. The summed E-state index contributed by atoms with van der Waals surface area (Å²) in [4.78, 5) is 11.6. The molecule has 0 bridgehead atoms. The van der Waals surface area contributed by atoms with Crippen LogP contribution in [0.2, 0.25) is 0 Å². The van der Waals surface area contributed by atoms with Crippen molar-refractivity contribution >= 4 is 15.9 Å². The van der Waals surface area contributed by atoms with Crippen LogP contribution in [0.15, 0.2) is 0 Å². The van der Waals surface area contributed by atoms with E-state index in [2.05, 4.69) is 5.32 Å². The summed E-state index contributed by atoms with van der Waals surface area (Å²) in [6, 6.07) is -0.166. The average molecular weight is 218 g/mol. The summed E-state index contributed by atoms with van der Waals surface area (Å²) in [5.41, 5.74) is 0. The van der Waals surface area contributed by atoms with Crippen molar-refractivity contribution < 1.29 is 13.2 Å². The lowest BCUT2D eigenvalue weighted by molar-refractivity contribution is -0.133. The molecule has 0 saturated carbocycles. The molecular formula is C8H14N2O3S. The molecule has 1 amide bonds. The maximum Gasteiger partial charge on any atom is 0.259 e. The molecule has 0 radical (unpaired) electrons. The van der Waals surface area contributed by atoms with Crippen LogP contribution in [0.1, 0.15) is 20.3 Å². The minimum Gasteiger partial charge on any atom is -0.315 e. The Morgan fingerprint density at radius 3 is 2.57 bits per heavy atom. The molecule has 0 aromatic heterocycles. The number of rotatable bonds is 1. The summed E-state index contributed by atoms with van der Waals surface area (Å²) in [6.45, 7) is 4.29. The van der Waals surface area contributed by atoms with E-state index in [-0.39, 0.29) is 11.9 Å². The van der Waals surface area contributed by atoms with E-state index < -0.39 is 14.8 Å². The molecule has 0 spiro atoms. The van der Waals surface area contributed by atoms with Crippen LogP contribution in [0.4, 0.5) is 0 Å². The van der Waals surface area contributed by atoms with E-state index in [9.17, 15) is 13.2 Å². The second kappa shape index (κ2) is 2.70. The number of nitrogens with one attached hydrogen (secondary N) is 1. The van der Waals surface area contributed by atoms with Crippen molar-refractivity contribution in [1.82, 2.24) is 9.62 Å². The zero-order valence-corrected chi connectivity index (χ0v) is 9.10. The second-order valence-electron chi connectivity index (χ2n) is 4.26. The van der Waals surface area contributed by atoms with E-state index in [1.165, 1.54) is 13.8 Å². The van der Waals surface area contributed by atoms with Gasteiger partial charge in [-0.25, -0.2) is 12.7 Å². The largest absolute Gasteiger partial charge is 0.315 e. The molecule has 0 aliphatic carbocycles. The fourth-order valence-corrected chi connectivity index (χ4v) is 3.59. The lowest BCUT2D eigenvalue weighted by Gasteiger charge is -2.45. The molecule has 1 N–H and O–H groups in total. The van der Waals surface area contributed by atoms with Gasteiger partial charge in [0.05, 0.1) is 6.04 Å². The van der Waals surface area contributed by atoms with E-state index in [1.807, 2.05) is 0 Å². The summed E-state index contributed by atoms with van der Waals surface area (Å²) in [5, 5.41) is 3.05. The fourth-order valence-electron chi connectivity index (χ4n) is 1.89. The van der Waals surface area contributed by atoms with Gasteiger partial charge >= 0.3 is 0 Å². The standard InChI is InChI=1S/C8H14N2O3S/c1-8(2)7(11)10(14(8,12)13)6-3-4-9-5-6/h6,9H,3-5H2,1-2H3. The molecule has 2 rings (SSSR count). The van der Waals surface area contributed by atoms with Gasteiger partial charge in [-0.1, -0.05) is 0 Å². The lowest BCUT2D eigenvalue weighted by atomic mass is 10.1. The van der Waals surface area contributed by atoms with Crippen molar-refractivity contribution in [3.63, 3.8) is 0 Å². The Hall–Kier alpha value is -0.620. The molecule has 2 fully saturated rings. The van der Waals surface area contributed by atoms with Crippen LogP contribution >= 0.6 is 0 Å². The van der Waals surface area contributed by atoms with Crippen LogP contribution in [0.3, 0.4) is 0 Å². The molecule has 80 valence electrons. The van der Waals surface area contributed by atoms with Gasteiger partial charge in [-0.3, -0.25) is 4.79 Å². The number of nitrogens with zero attached hydrogens (tertiary/aromatic N) is 1. The molecule has 5 nitrogen and oxygen atoms in total. The Morgan fingerprint density at radius 1 is 1.50 bits per heavy atom. The molecule has 14 heavy (non-hydrogen) atoms. The highest BCUT2D eigenvalue weighted by atomic mass is 32.2. The number of amides is 1. The van der Waals surface area contributed by atoms with Gasteiger partial charge in [-0.05, 0) is 26.8 Å². The molecule has 0 aromatic carbocycles. The Balaban J connectivity index is 2.28. The van der Waals surface area contributed by atoms with Gasteiger partial charge in [0.1, 0.15) is 0 Å². The van der Waals surface area contributed by atoms with Crippen LogP contribution in [0.25, 0.3) is 0 Å². The quantitative estimate of drug-likeness (QED) is 0.632. The highest BCUT2D eigenvalue weighted by Crippen LogP contribution is 2.37. The normalized spacial score (nSPS) is 34.3. The van der Waals surface area contributed by atoms with Crippen molar-refractivity contribution in [3.05, 3.63) is 0 Å². The van der Waals surface area contributed by atoms with Gasteiger partial charge in [-0.15, -0.1) is 0 Å². The van der Waals surface area contributed by atoms with Crippen LogP contribution in [0.5, 0.6) is 0 Å². The van der Waals surface area contributed by atoms with Crippen LogP contribution in [-0.4, -0.2) is 42.5 Å². The third kappa shape index (κ3) is 0.980. The van der Waals surface area contributed by atoms with Gasteiger partial charge in [0.2, 0.25) is 0 Å². The van der Waals surface area contributed by atoms with Gasteiger partial charge in [-0.2, -0.15) is 0 Å². The van der Waals surface area contributed by atoms with Gasteiger partial charge in [0, 0.05) is 6.54 Å². The predicted molar refractivity (Wildman–Crippen MR) is 51.1 cm³/mol. The summed E-state index contributed by atoms with van der Waals surface area (Å²) in [5.74, 6) is -0.272. The van der Waals surface area contributed by atoms with E-state index in [0.29, 0.717) is 6.54 Å². The van der Waals surface area contributed by atoms with Gasteiger partial charge < -0.3 is 5.32 Å². The Labute approximate surface area is 83.5 Å². The van der Waals surface area contributed by atoms with Crippen LogP contribution in [0, 0.1) is 0 Å². The average Bonchev–Trinajstić information content (AvgIpc) is 2.56. The Kier molecular flexibility index (Phi) is 1.91. The molecular weight excluding hydrogens is 204 g/mol. The topological polar surface area (TPSA) is 66.5 Å². The third-order valence-electron chi connectivity index (χ3n) is 2.98. The monoisotopic (exact) mass is 218 g/mol. The molecule has 2 aliphatic heterocycles. The van der Waals surface area contributed by atoms with Gasteiger partial charge in [0.25, 0.3) is 15.9 Å². The number of sulfonamides is 1. The number of carbonyl (C=O) groups is 1. The highest BCUT2D eigenvalue weighted by Gasteiger charge is 2.62. The van der Waals surface area contributed by atoms with Crippen molar-refractivity contribution in [2.45, 2.75) is 31.1 Å². The number of hydrogen-bond acceptors (Lipinski definition) is 4. The first-order chi connectivity index (χ1) is 6.39. The van der Waals surface area contributed by atoms with Crippen molar-refractivity contribution in [3.8, 4) is 0 Å². The first-order valence-electron chi connectivity index (χ1n) is 4.68. The molecule has 6 heteroatoms. The maximum absolute atomic E-state index is 11.7. The van der Waals surface area contributed by atoms with Gasteiger partial charge in [0.15, 0.2) is 4.75 Å². The lowest BCUT2D eigenvalue weighted by Crippen LogP contribution is -2.70. The molecule has 2 heterocycles. The number of hydrogen-bond donors (Lipinski definition) is 1.